The fourth-order valence-electron chi connectivity index (χ4n) is 3.19. The predicted octanol–water partition coefficient (Wildman–Crippen LogP) is 2.24. The molecular weight excluding hydrogens is 484 g/mol. The number of carbonyl (C=O) groups excluding carboxylic acids is 3. The Morgan fingerprint density at radius 1 is 1.06 bits per heavy atom. The van der Waals surface area contributed by atoms with Crippen LogP contribution in [0.15, 0.2) is 60.2 Å². The van der Waals surface area contributed by atoms with Crippen LogP contribution in [0.4, 0.5) is 9.93 Å². The van der Waals surface area contributed by atoms with Gasteiger partial charge in [-0.2, -0.15) is 0 Å². The molecular formula is C24H26N6O5S. The van der Waals surface area contributed by atoms with Gasteiger partial charge in [0.25, 0.3) is 0 Å². The minimum atomic E-state index is -1.08. The summed E-state index contributed by atoms with van der Waals surface area (Å²) in [6.45, 7) is 1.86. The molecule has 0 spiro atoms. The van der Waals surface area contributed by atoms with Gasteiger partial charge in [0.05, 0.1) is 24.6 Å². The van der Waals surface area contributed by atoms with Crippen LogP contribution in [0.3, 0.4) is 0 Å². The largest absolute Gasteiger partial charge is 0.481 e. The quantitative estimate of drug-likeness (QED) is 0.264. The van der Waals surface area contributed by atoms with Gasteiger partial charge in [0, 0.05) is 24.3 Å². The van der Waals surface area contributed by atoms with E-state index >= 15 is 0 Å². The first kappa shape index (κ1) is 26.3. The number of pyridine rings is 1. The SMILES string of the molecule is CC(NC(=O)Cc1csc(NC(=O)NCc2ccccc2)n1)C(=O)NC(CC(=O)O)c1cccnc1. The number of carboxylic acids is 1. The molecule has 0 aliphatic carbocycles. The smallest absolute Gasteiger partial charge is 0.321 e. The highest BCUT2D eigenvalue weighted by Crippen LogP contribution is 2.17. The van der Waals surface area contributed by atoms with Crippen molar-refractivity contribution < 1.29 is 24.3 Å². The van der Waals surface area contributed by atoms with E-state index in [9.17, 15) is 19.2 Å². The summed E-state index contributed by atoms with van der Waals surface area (Å²) in [6, 6.07) is 10.6. The van der Waals surface area contributed by atoms with E-state index in [1.807, 2.05) is 30.3 Å². The lowest BCUT2D eigenvalue weighted by molar-refractivity contribution is -0.138. The molecule has 0 aliphatic rings. The Morgan fingerprint density at radius 3 is 2.53 bits per heavy atom. The minimum absolute atomic E-state index is 0.0946. The normalized spacial score (nSPS) is 12.1. The van der Waals surface area contributed by atoms with Crippen LogP contribution >= 0.6 is 11.3 Å². The Bertz CT molecular complexity index is 1190. The van der Waals surface area contributed by atoms with Crippen molar-refractivity contribution in [3.05, 3.63) is 77.1 Å². The van der Waals surface area contributed by atoms with Crippen molar-refractivity contribution in [3.8, 4) is 0 Å². The van der Waals surface area contributed by atoms with Gasteiger partial charge >= 0.3 is 12.0 Å². The van der Waals surface area contributed by atoms with Crippen LogP contribution in [-0.4, -0.2) is 44.9 Å². The molecule has 0 saturated heterocycles. The first-order valence-corrected chi connectivity index (χ1v) is 11.9. The highest BCUT2D eigenvalue weighted by atomic mass is 32.1. The number of urea groups is 1. The number of benzene rings is 1. The zero-order valence-corrected chi connectivity index (χ0v) is 20.2. The second-order valence-electron chi connectivity index (χ2n) is 7.85. The molecule has 2 heterocycles. The molecule has 2 atom stereocenters. The average molecular weight is 511 g/mol. The molecule has 12 heteroatoms. The van der Waals surface area contributed by atoms with Crippen LogP contribution in [-0.2, 0) is 27.3 Å². The van der Waals surface area contributed by atoms with Gasteiger partial charge in [-0.15, -0.1) is 11.3 Å². The van der Waals surface area contributed by atoms with Gasteiger partial charge in [0.15, 0.2) is 5.13 Å². The molecule has 3 aromatic rings. The first-order valence-electron chi connectivity index (χ1n) is 11.0. The number of rotatable bonds is 11. The molecule has 0 bridgehead atoms. The van der Waals surface area contributed by atoms with E-state index in [4.69, 9.17) is 5.11 Å². The fourth-order valence-corrected chi connectivity index (χ4v) is 3.90. The summed E-state index contributed by atoms with van der Waals surface area (Å²) in [6.07, 6.45) is 2.60. The molecule has 2 aromatic heterocycles. The van der Waals surface area contributed by atoms with Gasteiger partial charge in [-0.3, -0.25) is 24.7 Å². The summed E-state index contributed by atoms with van der Waals surface area (Å²) in [5, 5.41) is 21.7. The Balaban J connectivity index is 1.46. The van der Waals surface area contributed by atoms with Crippen LogP contribution in [0.25, 0.3) is 0 Å². The lowest BCUT2D eigenvalue weighted by Crippen LogP contribution is -2.46. The third-order valence-corrected chi connectivity index (χ3v) is 5.77. The van der Waals surface area contributed by atoms with Crippen LogP contribution in [0.5, 0.6) is 0 Å². The highest BCUT2D eigenvalue weighted by Gasteiger charge is 2.23. The predicted molar refractivity (Wildman–Crippen MR) is 133 cm³/mol. The molecule has 0 saturated carbocycles. The number of thiazole rings is 1. The van der Waals surface area contributed by atoms with Crippen molar-refractivity contribution in [3.63, 3.8) is 0 Å². The second-order valence-corrected chi connectivity index (χ2v) is 8.71. The number of nitrogens with zero attached hydrogens (tertiary/aromatic N) is 2. The zero-order chi connectivity index (χ0) is 25.9. The number of aromatic nitrogens is 2. The average Bonchev–Trinajstić information content (AvgIpc) is 3.29. The third kappa shape index (κ3) is 8.47. The van der Waals surface area contributed by atoms with E-state index in [1.54, 1.807) is 23.7 Å². The van der Waals surface area contributed by atoms with Crippen molar-refractivity contribution in [2.24, 2.45) is 0 Å². The second kappa shape index (κ2) is 13.0. The standard InChI is InChI=1S/C24H26N6O5S/c1-15(22(34)29-19(11-21(32)33)17-8-5-9-25-13-17)27-20(31)10-18-14-36-24(28-18)30-23(35)26-12-16-6-3-2-4-7-16/h2-9,13-15,19H,10-12H2,1H3,(H,27,31)(H,29,34)(H,32,33)(H2,26,28,30,35). The highest BCUT2D eigenvalue weighted by molar-refractivity contribution is 7.13. The molecule has 4 amide bonds. The molecule has 0 fully saturated rings. The van der Waals surface area contributed by atoms with E-state index in [-0.39, 0.29) is 12.8 Å². The molecule has 188 valence electrons. The van der Waals surface area contributed by atoms with Gasteiger partial charge in [-0.1, -0.05) is 36.4 Å². The molecule has 1 aromatic carbocycles. The molecule has 0 radical (unpaired) electrons. The molecule has 2 unspecified atom stereocenters. The number of aliphatic carboxylic acids is 1. The summed E-state index contributed by atoms with van der Waals surface area (Å²) in [5.74, 6) is -2.06. The Hall–Kier alpha value is -4.32. The van der Waals surface area contributed by atoms with Gasteiger partial charge < -0.3 is 21.1 Å². The Labute approximate surface area is 211 Å². The third-order valence-electron chi connectivity index (χ3n) is 4.96. The number of carboxylic acid groups (broad SMARTS) is 1. The van der Waals surface area contributed by atoms with Crippen molar-refractivity contribution in [2.75, 3.05) is 5.32 Å². The van der Waals surface area contributed by atoms with Crippen LogP contribution < -0.4 is 21.3 Å². The minimum Gasteiger partial charge on any atom is -0.481 e. The van der Waals surface area contributed by atoms with Gasteiger partial charge in [0.1, 0.15) is 6.04 Å². The van der Waals surface area contributed by atoms with E-state index in [2.05, 4.69) is 31.2 Å². The van der Waals surface area contributed by atoms with E-state index < -0.39 is 35.9 Å². The van der Waals surface area contributed by atoms with E-state index in [0.29, 0.717) is 22.9 Å². The van der Waals surface area contributed by atoms with Crippen LogP contribution in [0, 0.1) is 0 Å². The maximum Gasteiger partial charge on any atom is 0.321 e. The summed E-state index contributed by atoms with van der Waals surface area (Å²) in [4.78, 5) is 56.5. The number of anilines is 1. The van der Waals surface area contributed by atoms with Gasteiger partial charge in [-0.05, 0) is 24.1 Å². The number of amides is 4. The Kier molecular flexibility index (Phi) is 9.46. The molecule has 5 N–H and O–H groups in total. The first-order chi connectivity index (χ1) is 17.3. The van der Waals surface area contributed by atoms with Crippen molar-refractivity contribution in [1.29, 1.82) is 0 Å². The topological polar surface area (TPSA) is 162 Å². The van der Waals surface area contributed by atoms with E-state index in [0.717, 1.165) is 5.56 Å². The van der Waals surface area contributed by atoms with Gasteiger partial charge in [0.2, 0.25) is 11.8 Å². The maximum absolute atomic E-state index is 12.6. The zero-order valence-electron chi connectivity index (χ0n) is 19.4. The molecule has 0 aliphatic heterocycles. The summed E-state index contributed by atoms with van der Waals surface area (Å²) in [5.41, 5.74) is 1.93. The summed E-state index contributed by atoms with van der Waals surface area (Å²) in [7, 11) is 0. The van der Waals surface area contributed by atoms with Crippen molar-refractivity contribution in [2.45, 2.75) is 38.4 Å². The molecule has 3 rings (SSSR count). The number of hydrogen-bond acceptors (Lipinski definition) is 7. The molecule has 36 heavy (non-hydrogen) atoms. The van der Waals surface area contributed by atoms with Gasteiger partial charge in [-0.25, -0.2) is 9.78 Å². The monoisotopic (exact) mass is 510 g/mol. The number of carbonyl (C=O) groups is 4. The molecule has 11 nitrogen and oxygen atoms in total. The number of nitrogens with one attached hydrogen (secondary N) is 4. The summed E-state index contributed by atoms with van der Waals surface area (Å²) < 4.78 is 0. The Morgan fingerprint density at radius 2 is 1.83 bits per heavy atom. The fraction of sp³-hybridized carbons (Fsp3) is 0.250. The van der Waals surface area contributed by atoms with E-state index in [1.165, 1.54) is 24.5 Å². The summed E-state index contributed by atoms with van der Waals surface area (Å²) >= 11 is 1.17. The van der Waals surface area contributed by atoms with Crippen LogP contribution in [0.2, 0.25) is 0 Å². The van der Waals surface area contributed by atoms with Crippen molar-refractivity contribution >= 4 is 40.3 Å². The van der Waals surface area contributed by atoms with Crippen LogP contribution in [0.1, 0.15) is 36.2 Å². The lowest BCUT2D eigenvalue weighted by atomic mass is 10.1. The lowest BCUT2D eigenvalue weighted by Gasteiger charge is -2.20. The maximum atomic E-state index is 12.6. The van der Waals surface area contributed by atoms with Crippen molar-refractivity contribution in [1.82, 2.24) is 25.9 Å². The number of hydrogen-bond donors (Lipinski definition) is 5.